The molecule has 3 atom stereocenters. The van der Waals surface area contributed by atoms with Gasteiger partial charge >= 0.3 is 0 Å². The van der Waals surface area contributed by atoms with Crippen LogP contribution < -0.4 is 15.4 Å². The summed E-state index contributed by atoms with van der Waals surface area (Å²) in [7, 11) is 0. The normalized spacial score (nSPS) is 21.0. The molecule has 0 amide bonds. The van der Waals surface area contributed by atoms with Gasteiger partial charge in [-0.05, 0) is 18.2 Å². The van der Waals surface area contributed by atoms with Crippen LogP contribution in [0.1, 0.15) is 37.6 Å². The first kappa shape index (κ1) is 29.9. The highest BCUT2D eigenvalue weighted by atomic mass is 19.1. The molecule has 0 radical (unpaired) electrons. The monoisotopic (exact) mass is 603 g/mol. The van der Waals surface area contributed by atoms with Crippen LogP contribution in [-0.4, -0.2) is 70.7 Å². The van der Waals surface area contributed by atoms with E-state index < -0.39 is 11.6 Å². The summed E-state index contributed by atoms with van der Waals surface area (Å²) in [5.74, 6) is -0.603. The van der Waals surface area contributed by atoms with Crippen molar-refractivity contribution in [2.24, 2.45) is 11.7 Å². The van der Waals surface area contributed by atoms with Crippen molar-refractivity contribution in [1.82, 2.24) is 19.6 Å². The number of hydrogen-bond acceptors (Lipinski definition) is 9. The minimum Gasteiger partial charge on any atom is -0.490 e. The standard InChI is InChI=1S/C32H35F2N7O3/c1-20-18-40(19-27(36)32(20)43-10-2-8-35)29-5-9-37-16-21(29)13-30-38-17-22-3-4-28(39-41(22)30)31-25(33)14-24(15-26(31)34)44-23-6-11-42-12-7-23/h3-5,9,14-17,20,23,27,32H,2,6-7,10-13,18-19,36H2,1H3/t20-,27+,32-/m0/s1. The maximum atomic E-state index is 15.3. The number of halogens is 2. The molecule has 0 bridgehead atoms. The van der Waals surface area contributed by atoms with Gasteiger partial charge < -0.3 is 24.8 Å². The molecule has 2 N–H and O–H groups in total. The van der Waals surface area contributed by atoms with E-state index in [4.69, 9.17) is 25.2 Å². The lowest BCUT2D eigenvalue weighted by molar-refractivity contribution is -0.00335. The minimum absolute atomic E-state index is 0.132. The van der Waals surface area contributed by atoms with Crippen LogP contribution in [0.3, 0.4) is 0 Å². The number of ether oxygens (including phenoxy) is 3. The first-order chi connectivity index (χ1) is 21.4. The van der Waals surface area contributed by atoms with Gasteiger partial charge in [-0.25, -0.2) is 18.3 Å². The highest BCUT2D eigenvalue weighted by Crippen LogP contribution is 2.32. The summed E-state index contributed by atoms with van der Waals surface area (Å²) in [5.41, 5.74) is 9.04. The van der Waals surface area contributed by atoms with E-state index in [0.29, 0.717) is 63.4 Å². The summed E-state index contributed by atoms with van der Waals surface area (Å²) in [6.07, 6.45) is 7.01. The molecule has 3 aromatic heterocycles. The second-order valence-electron chi connectivity index (χ2n) is 11.4. The van der Waals surface area contributed by atoms with Crippen molar-refractivity contribution in [3.63, 3.8) is 0 Å². The number of fused-ring (bicyclic) bond motifs is 1. The number of aromatic nitrogens is 4. The molecule has 10 nitrogen and oxygen atoms in total. The summed E-state index contributed by atoms with van der Waals surface area (Å²) in [5, 5.41) is 13.5. The Hall–Kier alpha value is -4.18. The van der Waals surface area contributed by atoms with Gasteiger partial charge in [0.2, 0.25) is 0 Å². The smallest absolute Gasteiger partial charge is 0.139 e. The molecular formula is C32H35F2N7O3. The number of benzene rings is 1. The van der Waals surface area contributed by atoms with E-state index in [1.54, 1.807) is 35.2 Å². The third kappa shape index (κ3) is 6.36. The molecule has 0 saturated carbocycles. The second-order valence-corrected chi connectivity index (χ2v) is 11.4. The van der Waals surface area contributed by atoms with Gasteiger partial charge in [-0.2, -0.15) is 10.4 Å². The van der Waals surface area contributed by atoms with Crippen LogP contribution in [0.15, 0.2) is 48.9 Å². The van der Waals surface area contributed by atoms with Crippen molar-refractivity contribution in [1.29, 1.82) is 5.26 Å². The summed E-state index contributed by atoms with van der Waals surface area (Å²) in [4.78, 5) is 11.2. The summed E-state index contributed by atoms with van der Waals surface area (Å²) < 4.78 is 49.3. The van der Waals surface area contributed by atoms with Crippen LogP contribution in [-0.2, 0) is 15.9 Å². The molecule has 0 spiro atoms. The van der Waals surface area contributed by atoms with E-state index >= 15 is 8.78 Å². The van der Waals surface area contributed by atoms with Crippen molar-refractivity contribution in [2.75, 3.05) is 37.8 Å². The Bertz CT molecular complexity index is 1620. The van der Waals surface area contributed by atoms with Gasteiger partial charge in [-0.3, -0.25) is 4.98 Å². The lowest BCUT2D eigenvalue weighted by Gasteiger charge is -2.42. The average Bonchev–Trinajstić information content (AvgIpc) is 3.41. The van der Waals surface area contributed by atoms with E-state index in [1.807, 2.05) is 6.07 Å². The molecule has 6 rings (SSSR count). The van der Waals surface area contributed by atoms with Gasteiger partial charge in [0.1, 0.15) is 29.3 Å². The van der Waals surface area contributed by atoms with E-state index in [2.05, 4.69) is 33.0 Å². The predicted octanol–water partition coefficient (Wildman–Crippen LogP) is 4.30. The molecule has 1 aromatic carbocycles. The zero-order valence-corrected chi connectivity index (χ0v) is 24.5. The van der Waals surface area contributed by atoms with Crippen molar-refractivity contribution >= 4 is 11.2 Å². The fourth-order valence-electron chi connectivity index (χ4n) is 6.10. The Morgan fingerprint density at radius 3 is 2.66 bits per heavy atom. The van der Waals surface area contributed by atoms with Gasteiger partial charge in [0.05, 0.1) is 61.4 Å². The van der Waals surface area contributed by atoms with Gasteiger partial charge in [0.25, 0.3) is 0 Å². The number of hydrogen-bond donors (Lipinski definition) is 1. The molecule has 5 heterocycles. The van der Waals surface area contributed by atoms with Crippen LogP contribution >= 0.6 is 0 Å². The minimum atomic E-state index is -0.749. The maximum absolute atomic E-state index is 15.3. The van der Waals surface area contributed by atoms with Gasteiger partial charge in [-0.15, -0.1) is 0 Å². The third-order valence-corrected chi connectivity index (χ3v) is 8.21. The fourth-order valence-corrected chi connectivity index (χ4v) is 6.10. The van der Waals surface area contributed by atoms with Crippen molar-refractivity contribution in [3.05, 3.63) is 71.9 Å². The summed E-state index contributed by atoms with van der Waals surface area (Å²) in [6, 6.07) is 9.57. The van der Waals surface area contributed by atoms with Crippen LogP contribution in [0.4, 0.5) is 14.5 Å². The van der Waals surface area contributed by atoms with Crippen molar-refractivity contribution in [2.45, 2.75) is 50.9 Å². The zero-order valence-electron chi connectivity index (χ0n) is 24.5. The molecule has 44 heavy (non-hydrogen) atoms. The Morgan fingerprint density at radius 2 is 1.91 bits per heavy atom. The largest absolute Gasteiger partial charge is 0.490 e. The number of pyridine rings is 1. The van der Waals surface area contributed by atoms with Crippen molar-refractivity contribution < 1.29 is 23.0 Å². The third-order valence-electron chi connectivity index (χ3n) is 8.21. The van der Waals surface area contributed by atoms with E-state index in [1.165, 1.54) is 12.1 Å². The number of anilines is 1. The van der Waals surface area contributed by atoms with Gasteiger partial charge in [0, 0.05) is 80.1 Å². The Kier molecular flexibility index (Phi) is 8.97. The van der Waals surface area contributed by atoms with Crippen LogP contribution in [0, 0.1) is 28.9 Å². The predicted molar refractivity (Wildman–Crippen MR) is 159 cm³/mol. The summed E-state index contributed by atoms with van der Waals surface area (Å²) >= 11 is 0. The topological polar surface area (TPSA) is 124 Å². The summed E-state index contributed by atoms with van der Waals surface area (Å²) in [6.45, 7) is 4.89. The highest BCUT2D eigenvalue weighted by Gasteiger charge is 2.34. The molecule has 0 aliphatic carbocycles. The molecule has 12 heteroatoms. The van der Waals surface area contributed by atoms with Gasteiger partial charge in [-0.1, -0.05) is 6.92 Å². The van der Waals surface area contributed by atoms with E-state index in [-0.39, 0.29) is 41.2 Å². The second kappa shape index (κ2) is 13.2. The lowest BCUT2D eigenvalue weighted by atomic mass is 9.91. The fraction of sp³-hybridized carbons (Fsp3) is 0.438. The maximum Gasteiger partial charge on any atom is 0.139 e. The quantitative estimate of drug-likeness (QED) is 0.279. The van der Waals surface area contributed by atoms with Crippen molar-refractivity contribution in [3.8, 4) is 23.1 Å². The first-order valence-electron chi connectivity index (χ1n) is 14.9. The zero-order chi connectivity index (χ0) is 30.6. The van der Waals surface area contributed by atoms with Crippen LogP contribution in [0.2, 0.25) is 0 Å². The molecular weight excluding hydrogens is 568 g/mol. The van der Waals surface area contributed by atoms with Gasteiger partial charge in [0.15, 0.2) is 0 Å². The lowest BCUT2D eigenvalue weighted by Crippen LogP contribution is -2.57. The number of nitriles is 1. The van der Waals surface area contributed by atoms with Crippen LogP contribution in [0.5, 0.6) is 5.75 Å². The number of nitrogens with two attached hydrogens (primary N) is 1. The molecule has 0 unspecified atom stereocenters. The van der Waals surface area contributed by atoms with Crippen LogP contribution in [0.25, 0.3) is 16.8 Å². The molecule has 2 fully saturated rings. The van der Waals surface area contributed by atoms with E-state index in [9.17, 15) is 0 Å². The first-order valence-corrected chi connectivity index (χ1v) is 14.9. The number of piperidine rings is 1. The van der Waals surface area contributed by atoms with E-state index in [0.717, 1.165) is 17.8 Å². The Balaban J connectivity index is 1.23. The molecule has 2 aliphatic rings. The number of nitrogens with zero attached hydrogens (tertiary/aromatic N) is 6. The number of rotatable bonds is 9. The molecule has 2 aliphatic heterocycles. The molecule has 2 saturated heterocycles. The molecule has 4 aromatic rings. The average molecular weight is 604 g/mol. The number of imidazole rings is 1. The Morgan fingerprint density at radius 1 is 1.11 bits per heavy atom. The highest BCUT2D eigenvalue weighted by molar-refractivity contribution is 5.64. The molecule has 230 valence electrons. The SMILES string of the molecule is C[C@H]1CN(c2ccncc2Cc2ncc3ccc(-c4c(F)cc(OC5CCOCC5)cc4F)nn23)C[C@@H](N)[C@H]1OCCC#N. The Labute approximate surface area is 254 Å².